The van der Waals surface area contributed by atoms with Gasteiger partial charge >= 0.3 is 6.18 Å². The van der Waals surface area contributed by atoms with Crippen LogP contribution in [0.2, 0.25) is 5.02 Å². The Labute approximate surface area is 262 Å². The molecule has 0 aliphatic carbocycles. The van der Waals surface area contributed by atoms with Gasteiger partial charge in [-0.05, 0) is 50.6 Å². The number of aromatic amines is 2. The molecule has 5 rings (SSSR count). The van der Waals surface area contributed by atoms with Crippen LogP contribution in [-0.4, -0.2) is 87.0 Å². The molecule has 2 fully saturated rings. The van der Waals surface area contributed by atoms with Crippen molar-refractivity contribution in [3.8, 4) is 23.1 Å². The summed E-state index contributed by atoms with van der Waals surface area (Å²) in [5.41, 5.74) is -0.365. The number of aromatic nitrogens is 4. The van der Waals surface area contributed by atoms with Gasteiger partial charge < -0.3 is 25.4 Å². The Balaban J connectivity index is 1.18. The van der Waals surface area contributed by atoms with E-state index in [4.69, 9.17) is 11.6 Å². The number of carbonyl (C=O) groups excluding carboxylic acids is 3. The van der Waals surface area contributed by atoms with Gasteiger partial charge in [-0.15, -0.1) is 5.92 Å². The SMILES string of the molecule is CC#CCc1[nH]nc(C(F)(F)F)c1-c1cnc(C(=O)NCc2ccc(C(=O)N3CCN(C(=O)C4CCNCC4)CC3)c(Cl)c2)[nH]1. The minimum atomic E-state index is -4.73. The minimum absolute atomic E-state index is 0.00309. The molecule has 3 amide bonds. The average molecular weight is 645 g/mol. The van der Waals surface area contributed by atoms with Crippen LogP contribution in [0.3, 0.4) is 0 Å². The van der Waals surface area contributed by atoms with E-state index in [0.717, 1.165) is 32.1 Å². The summed E-state index contributed by atoms with van der Waals surface area (Å²) in [5, 5.41) is 11.9. The highest BCUT2D eigenvalue weighted by atomic mass is 35.5. The summed E-state index contributed by atoms with van der Waals surface area (Å²) in [7, 11) is 0. The van der Waals surface area contributed by atoms with Gasteiger partial charge in [0.05, 0.1) is 40.2 Å². The number of halogens is 4. The third-order valence-electron chi connectivity index (χ3n) is 7.90. The molecule has 3 aromatic rings. The van der Waals surface area contributed by atoms with Crippen molar-refractivity contribution in [3.63, 3.8) is 0 Å². The summed E-state index contributed by atoms with van der Waals surface area (Å²) in [6.45, 7) is 5.03. The molecule has 4 N–H and O–H groups in total. The van der Waals surface area contributed by atoms with E-state index in [1.807, 2.05) is 4.90 Å². The third kappa shape index (κ3) is 7.32. The zero-order valence-corrected chi connectivity index (χ0v) is 25.2. The predicted octanol–water partition coefficient (Wildman–Crippen LogP) is 3.25. The first kappa shape index (κ1) is 32.1. The fraction of sp³-hybridized carbons (Fsp3) is 0.433. The molecule has 0 spiro atoms. The molecule has 1 aromatic carbocycles. The van der Waals surface area contributed by atoms with Crippen LogP contribution in [0.15, 0.2) is 24.4 Å². The van der Waals surface area contributed by atoms with Crippen molar-refractivity contribution in [2.75, 3.05) is 39.3 Å². The molecule has 2 aliphatic heterocycles. The maximum Gasteiger partial charge on any atom is 0.435 e. The molecule has 0 unspecified atom stereocenters. The number of piperidine rings is 1. The normalized spacial score (nSPS) is 15.8. The highest BCUT2D eigenvalue weighted by Gasteiger charge is 2.39. The molecule has 238 valence electrons. The molecule has 0 atom stereocenters. The van der Waals surface area contributed by atoms with Gasteiger partial charge in [-0.1, -0.05) is 23.6 Å². The smallest absolute Gasteiger partial charge is 0.345 e. The summed E-state index contributed by atoms with van der Waals surface area (Å²) in [6.07, 6.45) is -1.94. The highest BCUT2D eigenvalue weighted by Crippen LogP contribution is 2.37. The van der Waals surface area contributed by atoms with Crippen molar-refractivity contribution in [3.05, 3.63) is 57.8 Å². The molecule has 45 heavy (non-hydrogen) atoms. The van der Waals surface area contributed by atoms with Gasteiger partial charge in [0.2, 0.25) is 5.91 Å². The number of benzene rings is 1. The molecular formula is C30H32ClF3N8O3. The van der Waals surface area contributed by atoms with Gasteiger partial charge in [0.15, 0.2) is 11.5 Å². The van der Waals surface area contributed by atoms with Crippen molar-refractivity contribution in [2.24, 2.45) is 5.92 Å². The van der Waals surface area contributed by atoms with E-state index in [2.05, 4.69) is 42.6 Å². The second-order valence-corrected chi connectivity index (χ2v) is 11.2. The van der Waals surface area contributed by atoms with Crippen molar-refractivity contribution in [1.82, 2.24) is 40.6 Å². The van der Waals surface area contributed by atoms with E-state index in [1.54, 1.807) is 30.0 Å². The van der Waals surface area contributed by atoms with Gasteiger partial charge in [0.25, 0.3) is 11.8 Å². The van der Waals surface area contributed by atoms with Gasteiger partial charge in [0, 0.05) is 38.6 Å². The lowest BCUT2D eigenvalue weighted by molar-refractivity contribution is -0.140. The number of imidazole rings is 1. The maximum atomic E-state index is 13.6. The molecular weight excluding hydrogens is 613 g/mol. The first-order valence-corrected chi connectivity index (χ1v) is 14.9. The van der Waals surface area contributed by atoms with Gasteiger partial charge in [-0.25, -0.2) is 4.98 Å². The predicted molar refractivity (Wildman–Crippen MR) is 159 cm³/mol. The molecule has 4 heterocycles. The van der Waals surface area contributed by atoms with Crippen molar-refractivity contribution >= 4 is 29.3 Å². The number of carbonyl (C=O) groups is 3. The van der Waals surface area contributed by atoms with Crippen molar-refractivity contribution in [2.45, 2.75) is 38.9 Å². The van der Waals surface area contributed by atoms with Crippen molar-refractivity contribution < 1.29 is 27.6 Å². The Hall–Kier alpha value is -4.35. The van der Waals surface area contributed by atoms with Crippen LogP contribution < -0.4 is 10.6 Å². The number of amides is 3. The molecule has 0 radical (unpaired) electrons. The van der Waals surface area contributed by atoms with Crippen LogP contribution in [0.1, 0.15) is 57.7 Å². The quantitative estimate of drug-likeness (QED) is 0.291. The van der Waals surface area contributed by atoms with Gasteiger partial charge in [0.1, 0.15) is 0 Å². The second-order valence-electron chi connectivity index (χ2n) is 10.8. The number of nitrogens with one attached hydrogen (secondary N) is 4. The molecule has 0 saturated carbocycles. The van der Waals surface area contributed by atoms with E-state index in [1.165, 1.54) is 0 Å². The summed E-state index contributed by atoms with van der Waals surface area (Å²) in [6, 6.07) is 4.82. The number of hydrogen-bond donors (Lipinski definition) is 4. The van der Waals surface area contributed by atoms with Crippen LogP contribution in [-0.2, 0) is 23.9 Å². The number of nitrogens with zero attached hydrogens (tertiary/aromatic N) is 4. The first-order chi connectivity index (χ1) is 21.6. The van der Waals surface area contributed by atoms with E-state index < -0.39 is 17.8 Å². The standard InChI is InChI=1S/C30H32ClF3N8O3/c1-2-3-4-22-24(25(40-39-22)30(32,33)34)23-17-36-26(38-23)27(43)37-16-18-5-6-20(21(31)15-18)29(45)42-13-11-41(12-14-42)28(44)19-7-9-35-10-8-19/h5-6,15,17,19,35H,4,7-14,16H2,1H3,(H,36,38)(H,37,43)(H,39,40). The van der Waals surface area contributed by atoms with E-state index in [9.17, 15) is 27.6 Å². The zero-order chi connectivity index (χ0) is 32.1. The number of piperazine rings is 1. The van der Waals surface area contributed by atoms with Crippen LogP contribution in [0.5, 0.6) is 0 Å². The largest absolute Gasteiger partial charge is 0.435 e. The molecule has 11 nitrogen and oxygen atoms in total. The molecule has 2 saturated heterocycles. The first-order valence-electron chi connectivity index (χ1n) is 14.5. The average Bonchev–Trinajstić information content (AvgIpc) is 3.70. The second kappa shape index (κ2) is 13.7. The van der Waals surface area contributed by atoms with Gasteiger partial charge in [-0.2, -0.15) is 18.3 Å². The number of hydrogen-bond acceptors (Lipinski definition) is 6. The van der Waals surface area contributed by atoms with E-state index in [-0.39, 0.29) is 58.5 Å². The topological polar surface area (TPSA) is 139 Å². The monoisotopic (exact) mass is 644 g/mol. The van der Waals surface area contributed by atoms with Crippen LogP contribution in [0.25, 0.3) is 11.3 Å². The molecule has 15 heteroatoms. The number of rotatable bonds is 7. The minimum Gasteiger partial charge on any atom is -0.345 e. The van der Waals surface area contributed by atoms with Gasteiger partial charge in [-0.3, -0.25) is 19.5 Å². The summed E-state index contributed by atoms with van der Waals surface area (Å²) in [4.78, 5) is 48.9. The fourth-order valence-corrected chi connectivity index (χ4v) is 5.76. The summed E-state index contributed by atoms with van der Waals surface area (Å²) >= 11 is 6.46. The van der Waals surface area contributed by atoms with Crippen LogP contribution in [0, 0.1) is 17.8 Å². The van der Waals surface area contributed by atoms with Crippen LogP contribution >= 0.6 is 11.6 Å². The van der Waals surface area contributed by atoms with Crippen LogP contribution in [0.4, 0.5) is 13.2 Å². The molecule has 2 aromatic heterocycles. The van der Waals surface area contributed by atoms with Crippen molar-refractivity contribution in [1.29, 1.82) is 0 Å². The Bertz CT molecular complexity index is 1630. The maximum absolute atomic E-state index is 13.6. The summed E-state index contributed by atoms with van der Waals surface area (Å²) < 4.78 is 40.8. The molecule has 2 aliphatic rings. The zero-order valence-electron chi connectivity index (χ0n) is 24.5. The highest BCUT2D eigenvalue weighted by molar-refractivity contribution is 6.33. The Morgan fingerprint density at radius 3 is 2.49 bits per heavy atom. The fourth-order valence-electron chi connectivity index (χ4n) is 5.48. The lowest BCUT2D eigenvalue weighted by Crippen LogP contribution is -2.52. The summed E-state index contributed by atoms with van der Waals surface area (Å²) in [5.74, 6) is 4.43. The van der Waals surface area contributed by atoms with E-state index >= 15 is 0 Å². The van der Waals surface area contributed by atoms with E-state index in [0.29, 0.717) is 37.3 Å². The Morgan fingerprint density at radius 1 is 1.11 bits per heavy atom. The Kier molecular flexibility index (Phi) is 9.79. The lowest BCUT2D eigenvalue weighted by atomic mass is 9.96. The lowest BCUT2D eigenvalue weighted by Gasteiger charge is -2.37. The third-order valence-corrected chi connectivity index (χ3v) is 8.21. The number of alkyl halides is 3. The number of H-pyrrole nitrogens is 2. The molecule has 0 bridgehead atoms. The Morgan fingerprint density at radius 2 is 1.82 bits per heavy atom.